The molecule has 60 valence electrons. The van der Waals surface area contributed by atoms with E-state index in [1.165, 1.54) is 13.0 Å². The van der Waals surface area contributed by atoms with Gasteiger partial charge in [0, 0.05) is 0 Å². The van der Waals surface area contributed by atoms with E-state index in [9.17, 15) is 0 Å². The monoisotopic (exact) mass is 167 g/mol. The Kier molecular flexibility index (Phi) is 1.96. The minimum absolute atomic E-state index is 0.869. The minimum Gasteiger partial charge on any atom is -0.319 e. The Morgan fingerprint density at radius 3 is 3.27 bits per heavy atom. The van der Waals surface area contributed by atoms with Crippen LogP contribution >= 0.6 is 11.3 Å². The molecule has 1 aliphatic rings. The molecule has 1 nitrogen and oxygen atoms in total. The molecule has 1 heterocycles. The van der Waals surface area contributed by atoms with Crippen molar-refractivity contribution in [2.75, 3.05) is 13.6 Å². The first kappa shape index (κ1) is 7.32. The summed E-state index contributed by atoms with van der Waals surface area (Å²) in [4.78, 5) is 0. The van der Waals surface area contributed by atoms with Crippen molar-refractivity contribution in [2.45, 2.75) is 12.3 Å². The van der Waals surface area contributed by atoms with Gasteiger partial charge in [0.25, 0.3) is 0 Å². The number of thiophene rings is 1. The van der Waals surface area contributed by atoms with Crippen molar-refractivity contribution < 1.29 is 0 Å². The molecule has 0 saturated heterocycles. The van der Waals surface area contributed by atoms with E-state index >= 15 is 0 Å². The molecule has 0 aliphatic heterocycles. The van der Waals surface area contributed by atoms with Crippen molar-refractivity contribution in [1.82, 2.24) is 5.32 Å². The zero-order chi connectivity index (χ0) is 7.68. The summed E-state index contributed by atoms with van der Waals surface area (Å²) in [7, 11) is 2.03. The molecule has 1 aliphatic carbocycles. The Bertz CT molecular complexity index is 217. The summed E-state index contributed by atoms with van der Waals surface area (Å²) in [6.07, 6.45) is 1.39. The fraction of sp³-hybridized carbons (Fsp3) is 0.556. The predicted octanol–water partition coefficient (Wildman–Crippen LogP) is 2.07. The van der Waals surface area contributed by atoms with Gasteiger partial charge in [0.1, 0.15) is 0 Å². The Balaban J connectivity index is 1.92. The maximum absolute atomic E-state index is 3.22. The normalized spacial score (nSPS) is 28.8. The van der Waals surface area contributed by atoms with Crippen LogP contribution in [0.2, 0.25) is 0 Å². The molecule has 2 atom stereocenters. The number of hydrogen-bond acceptors (Lipinski definition) is 2. The fourth-order valence-corrected chi connectivity index (χ4v) is 2.35. The maximum Gasteiger partial charge on any atom is -0.00174 e. The second kappa shape index (κ2) is 2.95. The van der Waals surface area contributed by atoms with Gasteiger partial charge in [-0.05, 0) is 54.2 Å². The van der Waals surface area contributed by atoms with Gasteiger partial charge >= 0.3 is 0 Å². The molecule has 0 amide bonds. The molecular weight excluding hydrogens is 154 g/mol. The maximum atomic E-state index is 3.22. The van der Waals surface area contributed by atoms with Gasteiger partial charge in [-0.2, -0.15) is 11.3 Å². The van der Waals surface area contributed by atoms with E-state index in [2.05, 4.69) is 22.1 Å². The van der Waals surface area contributed by atoms with Crippen LogP contribution in [0.4, 0.5) is 0 Å². The first-order chi connectivity index (χ1) is 5.42. The molecule has 1 aromatic rings. The Morgan fingerprint density at radius 2 is 2.64 bits per heavy atom. The van der Waals surface area contributed by atoms with Crippen LogP contribution in [0.1, 0.15) is 17.9 Å². The quantitative estimate of drug-likeness (QED) is 0.726. The van der Waals surface area contributed by atoms with E-state index in [0.717, 1.165) is 11.8 Å². The van der Waals surface area contributed by atoms with Gasteiger partial charge in [-0.15, -0.1) is 0 Å². The molecule has 0 spiro atoms. The second-order valence-corrected chi connectivity index (χ2v) is 4.00. The van der Waals surface area contributed by atoms with Crippen LogP contribution in [0, 0.1) is 5.92 Å². The Morgan fingerprint density at radius 1 is 1.73 bits per heavy atom. The largest absolute Gasteiger partial charge is 0.319 e. The van der Waals surface area contributed by atoms with Crippen molar-refractivity contribution in [1.29, 1.82) is 0 Å². The van der Waals surface area contributed by atoms with Crippen molar-refractivity contribution in [3.05, 3.63) is 22.4 Å². The third kappa shape index (κ3) is 1.47. The molecule has 2 heteroatoms. The number of nitrogens with one attached hydrogen (secondary N) is 1. The lowest BCUT2D eigenvalue weighted by Gasteiger charge is -1.95. The molecule has 0 radical (unpaired) electrons. The summed E-state index contributed by atoms with van der Waals surface area (Å²) in [5, 5.41) is 7.67. The van der Waals surface area contributed by atoms with Crippen molar-refractivity contribution in [3.63, 3.8) is 0 Å². The van der Waals surface area contributed by atoms with Crippen molar-refractivity contribution in [2.24, 2.45) is 5.92 Å². The average Bonchev–Trinajstić information content (AvgIpc) is 2.61. The number of hydrogen-bond donors (Lipinski definition) is 1. The third-order valence-corrected chi connectivity index (χ3v) is 3.06. The molecule has 0 bridgehead atoms. The first-order valence-electron chi connectivity index (χ1n) is 4.08. The summed E-state index contributed by atoms with van der Waals surface area (Å²) in [6, 6.07) is 2.25. The zero-order valence-electron chi connectivity index (χ0n) is 6.71. The summed E-state index contributed by atoms with van der Waals surface area (Å²) in [6.45, 7) is 1.18. The molecule has 1 fully saturated rings. The smallest absolute Gasteiger partial charge is 0.00174 e. The van der Waals surface area contributed by atoms with Gasteiger partial charge < -0.3 is 5.32 Å². The summed E-state index contributed by atoms with van der Waals surface area (Å²) >= 11 is 1.81. The topological polar surface area (TPSA) is 12.0 Å². The molecule has 0 unspecified atom stereocenters. The van der Waals surface area contributed by atoms with Crippen LogP contribution in [0.15, 0.2) is 16.8 Å². The van der Waals surface area contributed by atoms with Crippen LogP contribution in [0.3, 0.4) is 0 Å². The summed E-state index contributed by atoms with van der Waals surface area (Å²) in [5.41, 5.74) is 1.55. The molecule has 0 aromatic carbocycles. The molecule has 11 heavy (non-hydrogen) atoms. The van der Waals surface area contributed by atoms with Crippen molar-refractivity contribution >= 4 is 11.3 Å². The van der Waals surface area contributed by atoms with Crippen LogP contribution in [0.25, 0.3) is 0 Å². The second-order valence-electron chi connectivity index (χ2n) is 3.22. The SMILES string of the molecule is CNC[C@@H]1C[C@@H]1c1ccsc1. The molecule has 1 saturated carbocycles. The van der Waals surface area contributed by atoms with Crippen molar-refractivity contribution in [3.8, 4) is 0 Å². The lowest BCUT2D eigenvalue weighted by Crippen LogP contribution is -2.09. The minimum atomic E-state index is 0.869. The standard InChI is InChI=1S/C9H13NS/c1-10-5-8-4-9(8)7-2-3-11-6-7/h2-3,6,8-10H,4-5H2,1H3/t8-,9+/m0/s1. The van der Waals surface area contributed by atoms with Gasteiger partial charge in [-0.1, -0.05) is 0 Å². The lowest BCUT2D eigenvalue weighted by atomic mass is 10.2. The Labute approximate surface area is 71.4 Å². The predicted molar refractivity (Wildman–Crippen MR) is 49.1 cm³/mol. The van der Waals surface area contributed by atoms with Crippen LogP contribution in [0.5, 0.6) is 0 Å². The average molecular weight is 167 g/mol. The van der Waals surface area contributed by atoms with E-state index in [1.807, 2.05) is 18.4 Å². The third-order valence-electron chi connectivity index (χ3n) is 2.36. The van der Waals surface area contributed by atoms with Gasteiger partial charge in [0.15, 0.2) is 0 Å². The van der Waals surface area contributed by atoms with Crippen LogP contribution in [-0.4, -0.2) is 13.6 Å². The van der Waals surface area contributed by atoms with E-state index in [0.29, 0.717) is 0 Å². The van der Waals surface area contributed by atoms with Gasteiger partial charge in [-0.3, -0.25) is 0 Å². The highest BCUT2D eigenvalue weighted by molar-refractivity contribution is 7.08. The summed E-state index contributed by atoms with van der Waals surface area (Å²) < 4.78 is 0. The van der Waals surface area contributed by atoms with E-state index in [1.54, 1.807) is 5.56 Å². The van der Waals surface area contributed by atoms with E-state index in [4.69, 9.17) is 0 Å². The van der Waals surface area contributed by atoms with E-state index in [-0.39, 0.29) is 0 Å². The van der Waals surface area contributed by atoms with Gasteiger partial charge in [0.2, 0.25) is 0 Å². The summed E-state index contributed by atoms with van der Waals surface area (Å²) in [5.74, 6) is 1.78. The fourth-order valence-electron chi connectivity index (χ4n) is 1.63. The first-order valence-corrected chi connectivity index (χ1v) is 5.03. The molecule has 2 rings (SSSR count). The van der Waals surface area contributed by atoms with Crippen LogP contribution in [-0.2, 0) is 0 Å². The molecule has 1 N–H and O–H groups in total. The van der Waals surface area contributed by atoms with Crippen LogP contribution < -0.4 is 5.32 Å². The van der Waals surface area contributed by atoms with E-state index < -0.39 is 0 Å². The van der Waals surface area contributed by atoms with Gasteiger partial charge in [0.05, 0.1) is 0 Å². The zero-order valence-corrected chi connectivity index (χ0v) is 7.53. The number of rotatable bonds is 3. The Hall–Kier alpha value is -0.340. The molecular formula is C9H13NS. The highest BCUT2D eigenvalue weighted by atomic mass is 32.1. The highest BCUT2D eigenvalue weighted by Crippen LogP contribution is 2.47. The lowest BCUT2D eigenvalue weighted by molar-refractivity contribution is 0.699. The highest BCUT2D eigenvalue weighted by Gasteiger charge is 2.37. The van der Waals surface area contributed by atoms with Gasteiger partial charge in [-0.25, -0.2) is 0 Å². The molecule has 1 aromatic heterocycles.